The van der Waals surface area contributed by atoms with Crippen molar-refractivity contribution in [3.63, 3.8) is 0 Å². The number of hydrogen-bond acceptors (Lipinski definition) is 0. The maximum Gasteiger partial charge on any atom is 0.0208 e. The smallest absolute Gasteiger partial charge is 0.0208 e. The molecule has 0 saturated heterocycles. The first kappa shape index (κ1) is 13.8. The van der Waals surface area contributed by atoms with Crippen LogP contribution in [-0.2, 0) is 0 Å². The van der Waals surface area contributed by atoms with Crippen molar-refractivity contribution in [2.45, 2.75) is 25.7 Å². The summed E-state index contributed by atoms with van der Waals surface area (Å²) in [6, 6.07) is 17.8. The van der Waals surface area contributed by atoms with Gasteiger partial charge in [0.1, 0.15) is 0 Å². The van der Waals surface area contributed by atoms with Gasteiger partial charge in [0.25, 0.3) is 0 Å². The lowest BCUT2D eigenvalue weighted by molar-refractivity contribution is 0.659. The Bertz CT molecular complexity index is 897. The third-order valence-electron chi connectivity index (χ3n) is 5.76. The zero-order valence-corrected chi connectivity index (χ0v) is 14.1. The fourth-order valence-electron chi connectivity index (χ4n) is 4.68. The maximum absolute atomic E-state index is 2.35. The summed E-state index contributed by atoms with van der Waals surface area (Å²) in [6.07, 6.45) is 9.38. The van der Waals surface area contributed by atoms with Gasteiger partial charge in [0, 0.05) is 11.8 Å². The molecule has 5 rings (SSSR count). The van der Waals surface area contributed by atoms with Gasteiger partial charge >= 0.3 is 0 Å². The van der Waals surface area contributed by atoms with Crippen molar-refractivity contribution in [2.24, 2.45) is 0 Å². The van der Waals surface area contributed by atoms with E-state index in [0.717, 1.165) is 0 Å². The Morgan fingerprint density at radius 1 is 0.583 bits per heavy atom. The average molecular weight is 308 g/mol. The van der Waals surface area contributed by atoms with Crippen molar-refractivity contribution in [1.82, 2.24) is 0 Å². The lowest BCUT2D eigenvalue weighted by atomic mass is 9.63. The first-order chi connectivity index (χ1) is 11.7. The van der Waals surface area contributed by atoms with Gasteiger partial charge in [-0.15, -0.1) is 0 Å². The molecule has 0 bridgehead atoms. The van der Waals surface area contributed by atoms with Crippen LogP contribution in [0.2, 0.25) is 0 Å². The minimum absolute atomic E-state index is 0.427. The van der Waals surface area contributed by atoms with Crippen LogP contribution in [0.4, 0.5) is 0 Å². The van der Waals surface area contributed by atoms with Crippen LogP contribution in [0.3, 0.4) is 0 Å². The molecule has 2 aromatic rings. The van der Waals surface area contributed by atoms with Crippen LogP contribution in [0, 0.1) is 0 Å². The quantitative estimate of drug-likeness (QED) is 0.539. The van der Waals surface area contributed by atoms with E-state index in [-0.39, 0.29) is 0 Å². The minimum Gasteiger partial charge on any atom is -0.0619 e. The summed E-state index contributed by atoms with van der Waals surface area (Å²) >= 11 is 0. The highest BCUT2D eigenvalue weighted by Gasteiger charge is 2.38. The highest BCUT2D eigenvalue weighted by Crippen LogP contribution is 2.54. The molecule has 3 aliphatic carbocycles. The predicted molar refractivity (Wildman–Crippen MR) is 102 cm³/mol. The average Bonchev–Trinajstić information content (AvgIpc) is 2.61. The number of fused-ring (bicyclic) bond motifs is 7. The molecule has 0 heteroatoms. The van der Waals surface area contributed by atoms with Crippen LogP contribution < -0.4 is 0 Å². The molecule has 0 fully saturated rings. The molecule has 0 amide bonds. The monoisotopic (exact) mass is 308 g/mol. The highest BCUT2D eigenvalue weighted by molar-refractivity contribution is 5.76. The fraction of sp³-hybridized carbons (Fsp3) is 0.167. The van der Waals surface area contributed by atoms with Crippen LogP contribution >= 0.6 is 0 Å². The van der Waals surface area contributed by atoms with E-state index in [9.17, 15) is 0 Å². The number of benzene rings is 2. The number of allylic oxidation sites excluding steroid dienone is 6. The third kappa shape index (κ3) is 1.80. The van der Waals surface area contributed by atoms with Gasteiger partial charge < -0.3 is 0 Å². The second kappa shape index (κ2) is 4.95. The Labute approximate surface area is 143 Å². The van der Waals surface area contributed by atoms with E-state index in [1.54, 1.807) is 0 Å². The lowest BCUT2D eigenvalue weighted by Gasteiger charge is -2.40. The van der Waals surface area contributed by atoms with Crippen LogP contribution in [0.1, 0.15) is 47.9 Å². The molecule has 0 aliphatic heterocycles. The standard InChI is InChI=1S/C24H20/c1-15-13-17-7-3-5-9-21(17)23-19(15)11-12-20-16(2)14-18-8-4-6-10-22(18)24(20)23/h3-14,23-24H,1-2H3. The van der Waals surface area contributed by atoms with Crippen molar-refractivity contribution in [3.05, 3.63) is 105 Å². The van der Waals surface area contributed by atoms with E-state index in [1.807, 2.05) is 0 Å². The second-order valence-corrected chi connectivity index (χ2v) is 7.11. The summed E-state index contributed by atoms with van der Waals surface area (Å²) in [5.41, 5.74) is 11.5. The largest absolute Gasteiger partial charge is 0.0619 e. The molecular weight excluding hydrogens is 288 g/mol. The van der Waals surface area contributed by atoms with Crippen molar-refractivity contribution in [3.8, 4) is 0 Å². The van der Waals surface area contributed by atoms with Crippen molar-refractivity contribution in [1.29, 1.82) is 0 Å². The molecule has 3 aliphatic rings. The Morgan fingerprint density at radius 2 is 1.00 bits per heavy atom. The van der Waals surface area contributed by atoms with Crippen LogP contribution in [-0.4, -0.2) is 0 Å². The topological polar surface area (TPSA) is 0 Å². The van der Waals surface area contributed by atoms with Crippen molar-refractivity contribution in [2.75, 3.05) is 0 Å². The Morgan fingerprint density at radius 3 is 1.46 bits per heavy atom. The van der Waals surface area contributed by atoms with E-state index in [4.69, 9.17) is 0 Å². The summed E-state index contributed by atoms with van der Waals surface area (Å²) in [6.45, 7) is 4.51. The second-order valence-electron chi connectivity index (χ2n) is 7.11. The molecule has 0 spiro atoms. The molecule has 0 radical (unpaired) electrons. The zero-order valence-electron chi connectivity index (χ0n) is 14.1. The van der Waals surface area contributed by atoms with Gasteiger partial charge in [0.2, 0.25) is 0 Å². The molecule has 0 heterocycles. The molecule has 0 N–H and O–H groups in total. The normalized spacial score (nSPS) is 23.6. The van der Waals surface area contributed by atoms with Gasteiger partial charge in [-0.3, -0.25) is 0 Å². The van der Waals surface area contributed by atoms with Crippen LogP contribution in [0.5, 0.6) is 0 Å². The van der Waals surface area contributed by atoms with Gasteiger partial charge in [0.15, 0.2) is 0 Å². The summed E-state index contributed by atoms with van der Waals surface area (Å²) in [5, 5.41) is 0. The Balaban J connectivity index is 1.81. The van der Waals surface area contributed by atoms with E-state index in [0.29, 0.717) is 11.8 Å². The number of rotatable bonds is 0. The van der Waals surface area contributed by atoms with Crippen LogP contribution in [0.25, 0.3) is 12.2 Å². The van der Waals surface area contributed by atoms with E-state index in [1.165, 1.54) is 44.5 Å². The van der Waals surface area contributed by atoms with Gasteiger partial charge in [-0.25, -0.2) is 0 Å². The van der Waals surface area contributed by atoms with Gasteiger partial charge in [-0.2, -0.15) is 0 Å². The number of hydrogen-bond donors (Lipinski definition) is 0. The molecule has 2 aromatic carbocycles. The first-order valence-electron chi connectivity index (χ1n) is 8.71. The Hall–Kier alpha value is -2.60. The summed E-state index contributed by atoms with van der Waals surface area (Å²) < 4.78 is 0. The molecule has 2 atom stereocenters. The van der Waals surface area contributed by atoms with Gasteiger partial charge in [-0.05, 0) is 58.4 Å². The van der Waals surface area contributed by atoms with E-state index < -0.39 is 0 Å². The molecule has 116 valence electrons. The highest BCUT2D eigenvalue weighted by atomic mass is 14.4. The maximum atomic E-state index is 2.35. The minimum atomic E-state index is 0.427. The van der Waals surface area contributed by atoms with Gasteiger partial charge in [-0.1, -0.05) is 72.8 Å². The summed E-state index contributed by atoms with van der Waals surface area (Å²) in [4.78, 5) is 0. The molecule has 24 heavy (non-hydrogen) atoms. The summed E-state index contributed by atoms with van der Waals surface area (Å²) in [7, 11) is 0. The molecule has 2 unspecified atom stereocenters. The van der Waals surface area contributed by atoms with E-state index in [2.05, 4.69) is 86.7 Å². The first-order valence-corrected chi connectivity index (χ1v) is 8.71. The molecule has 0 saturated carbocycles. The molecule has 0 aromatic heterocycles. The third-order valence-corrected chi connectivity index (χ3v) is 5.76. The zero-order chi connectivity index (χ0) is 16.3. The fourth-order valence-corrected chi connectivity index (χ4v) is 4.68. The van der Waals surface area contributed by atoms with Gasteiger partial charge in [0.05, 0.1) is 0 Å². The van der Waals surface area contributed by atoms with Crippen LogP contribution in [0.15, 0.2) is 83.0 Å². The predicted octanol–water partition coefficient (Wildman–Crippen LogP) is 6.25. The van der Waals surface area contributed by atoms with E-state index >= 15 is 0 Å². The Kier molecular flexibility index (Phi) is 2.84. The molecular formula is C24H20. The van der Waals surface area contributed by atoms with Crippen molar-refractivity contribution < 1.29 is 0 Å². The summed E-state index contributed by atoms with van der Waals surface area (Å²) in [5.74, 6) is 0.854. The van der Waals surface area contributed by atoms with Crippen molar-refractivity contribution >= 4 is 12.2 Å². The SMILES string of the molecule is CC1=Cc2ccccc2C2C1=CC=C1C(C)=Cc3ccccc3C12. The lowest BCUT2D eigenvalue weighted by Crippen LogP contribution is -2.24. The molecule has 0 nitrogen and oxygen atoms in total.